The third-order valence-electron chi connectivity index (χ3n) is 0.566. The zero-order valence-electron chi connectivity index (χ0n) is 4.63. The van der Waals surface area contributed by atoms with Crippen LogP contribution in [0.25, 0.3) is 5.73 Å². The summed E-state index contributed by atoms with van der Waals surface area (Å²) in [6, 6.07) is 0. The van der Waals surface area contributed by atoms with E-state index in [1.54, 1.807) is 0 Å². The zero-order chi connectivity index (χ0) is 6.57. The van der Waals surface area contributed by atoms with Crippen LogP contribution in [0.15, 0.2) is 0 Å². The summed E-state index contributed by atoms with van der Waals surface area (Å²) in [5, 5.41) is 7.93. The summed E-state index contributed by atoms with van der Waals surface area (Å²) in [5.41, 5.74) is 6.27. The fraction of sp³-hybridized carbons (Fsp3) is 0.500. The first-order valence-electron chi connectivity index (χ1n) is 2.09. The van der Waals surface area contributed by atoms with Gasteiger partial charge in [0.05, 0.1) is 6.42 Å². The second-order valence-electron chi connectivity index (χ2n) is 1.32. The SMILES string of the molecule is [NH-]C(=O)CCC(=O)O.[V]. The molecule has 4 nitrogen and oxygen atoms in total. The molecule has 1 radical (unpaired) electrons. The number of carboxylic acids is 1. The molecule has 0 saturated heterocycles. The number of carbonyl (C=O) groups is 2. The van der Waals surface area contributed by atoms with Crippen molar-refractivity contribution in [2.45, 2.75) is 12.8 Å². The van der Waals surface area contributed by atoms with Gasteiger partial charge in [-0.15, -0.1) is 0 Å². The van der Waals surface area contributed by atoms with Crippen molar-refractivity contribution in [1.29, 1.82) is 0 Å². The van der Waals surface area contributed by atoms with Crippen molar-refractivity contribution in [3.05, 3.63) is 5.73 Å². The molecule has 5 heteroatoms. The largest absolute Gasteiger partial charge is 0.668 e. The molecule has 0 saturated carbocycles. The van der Waals surface area contributed by atoms with Crippen LogP contribution in [0.2, 0.25) is 0 Å². The fourth-order valence-electron chi connectivity index (χ4n) is 0.220. The van der Waals surface area contributed by atoms with E-state index in [0.29, 0.717) is 0 Å². The predicted molar refractivity (Wildman–Crippen MR) is 26.2 cm³/mol. The van der Waals surface area contributed by atoms with E-state index in [0.717, 1.165) is 0 Å². The number of hydrogen-bond donors (Lipinski definition) is 1. The van der Waals surface area contributed by atoms with Crippen LogP contribution >= 0.6 is 0 Å². The second kappa shape index (κ2) is 5.66. The third-order valence-corrected chi connectivity index (χ3v) is 0.566. The normalized spacial score (nSPS) is 7.56. The second-order valence-corrected chi connectivity index (χ2v) is 1.32. The third kappa shape index (κ3) is 11.2. The van der Waals surface area contributed by atoms with Crippen LogP contribution in [-0.2, 0) is 28.1 Å². The van der Waals surface area contributed by atoms with E-state index in [1.165, 1.54) is 0 Å². The van der Waals surface area contributed by atoms with Crippen LogP contribution in [0.3, 0.4) is 0 Å². The molecule has 0 rings (SSSR count). The Morgan fingerprint density at radius 1 is 1.33 bits per heavy atom. The number of hydrogen-bond acceptors (Lipinski definition) is 2. The van der Waals surface area contributed by atoms with E-state index in [4.69, 9.17) is 10.8 Å². The zero-order valence-corrected chi connectivity index (χ0v) is 6.02. The molecular formula is C4H6NO3V-. The Bertz CT molecular complexity index is 100. The van der Waals surface area contributed by atoms with Crippen LogP contribution in [-0.4, -0.2) is 17.0 Å². The first kappa shape index (κ1) is 11.3. The Kier molecular flexibility index (Phi) is 7.13. The molecule has 0 heterocycles. The standard InChI is InChI=1S/C4H7NO3.V/c5-3(6)1-2-4(7)8;/h1-2H2,(H3,5,6,7,8);/p-1. The van der Waals surface area contributed by atoms with Gasteiger partial charge in [-0.25, -0.2) is 0 Å². The monoisotopic (exact) mass is 167 g/mol. The molecule has 0 aromatic rings. The van der Waals surface area contributed by atoms with Crippen molar-refractivity contribution in [2.24, 2.45) is 0 Å². The Labute approximate surface area is 64.3 Å². The molecule has 51 valence electrons. The summed E-state index contributed by atoms with van der Waals surface area (Å²) in [5.74, 6) is -1.86. The number of amides is 1. The van der Waals surface area contributed by atoms with Crippen molar-refractivity contribution in [3.63, 3.8) is 0 Å². The van der Waals surface area contributed by atoms with Crippen molar-refractivity contribution in [1.82, 2.24) is 0 Å². The molecule has 0 unspecified atom stereocenters. The van der Waals surface area contributed by atoms with Crippen molar-refractivity contribution >= 4 is 11.9 Å². The Morgan fingerprint density at radius 3 is 1.89 bits per heavy atom. The molecule has 0 aromatic heterocycles. The summed E-state index contributed by atoms with van der Waals surface area (Å²) in [4.78, 5) is 19.4. The van der Waals surface area contributed by atoms with Gasteiger partial charge in [-0.1, -0.05) is 0 Å². The van der Waals surface area contributed by atoms with Gasteiger partial charge in [-0.3, -0.25) is 4.79 Å². The Balaban J connectivity index is 0. The van der Waals surface area contributed by atoms with E-state index in [1.807, 2.05) is 0 Å². The Hall–Kier alpha value is -0.476. The fourth-order valence-corrected chi connectivity index (χ4v) is 0.220. The molecule has 0 spiro atoms. The van der Waals surface area contributed by atoms with Crippen LogP contribution in [0.4, 0.5) is 0 Å². The van der Waals surface area contributed by atoms with Gasteiger partial charge in [0, 0.05) is 24.5 Å². The molecule has 9 heavy (non-hydrogen) atoms. The molecule has 0 aliphatic carbocycles. The molecular weight excluding hydrogens is 161 g/mol. The van der Waals surface area contributed by atoms with Gasteiger partial charge in [0.25, 0.3) is 0 Å². The minimum atomic E-state index is -1.04. The molecule has 2 N–H and O–H groups in total. The van der Waals surface area contributed by atoms with Gasteiger partial charge < -0.3 is 15.6 Å². The maximum absolute atomic E-state index is 9.75. The average molecular weight is 167 g/mol. The first-order chi connectivity index (χ1) is 3.63. The summed E-state index contributed by atoms with van der Waals surface area (Å²) >= 11 is 0. The molecule has 0 aromatic carbocycles. The van der Waals surface area contributed by atoms with E-state index >= 15 is 0 Å². The summed E-state index contributed by atoms with van der Waals surface area (Å²) in [7, 11) is 0. The van der Waals surface area contributed by atoms with Gasteiger partial charge in [-0.2, -0.15) is 0 Å². The molecule has 0 fully saturated rings. The Morgan fingerprint density at radius 2 is 1.78 bits per heavy atom. The van der Waals surface area contributed by atoms with E-state index in [-0.39, 0.29) is 31.4 Å². The summed E-state index contributed by atoms with van der Waals surface area (Å²) < 4.78 is 0. The minimum absolute atomic E-state index is 0. The molecule has 0 aliphatic rings. The van der Waals surface area contributed by atoms with E-state index in [2.05, 4.69) is 0 Å². The molecule has 0 aliphatic heterocycles. The average Bonchev–Trinajstić information content (AvgIpc) is 1.61. The van der Waals surface area contributed by atoms with Crippen LogP contribution in [0.1, 0.15) is 12.8 Å². The van der Waals surface area contributed by atoms with Crippen LogP contribution in [0.5, 0.6) is 0 Å². The topological polar surface area (TPSA) is 78.2 Å². The number of carboxylic acid groups (broad SMARTS) is 1. The number of aliphatic carboxylic acids is 1. The van der Waals surface area contributed by atoms with E-state index in [9.17, 15) is 9.59 Å². The van der Waals surface area contributed by atoms with Crippen molar-refractivity contribution < 1.29 is 33.3 Å². The predicted octanol–water partition coefficient (Wildman–Crippen LogP) is 0.427. The van der Waals surface area contributed by atoms with Gasteiger partial charge in [0.1, 0.15) is 0 Å². The van der Waals surface area contributed by atoms with Crippen molar-refractivity contribution in [2.75, 3.05) is 0 Å². The summed E-state index contributed by atoms with van der Waals surface area (Å²) in [6.07, 6.45) is -0.419. The van der Waals surface area contributed by atoms with Crippen LogP contribution in [0, 0.1) is 0 Å². The van der Waals surface area contributed by atoms with Crippen molar-refractivity contribution in [3.8, 4) is 0 Å². The number of carbonyl (C=O) groups excluding carboxylic acids is 1. The number of nitrogens with one attached hydrogen (secondary N) is 1. The minimum Gasteiger partial charge on any atom is -0.668 e. The first-order valence-corrected chi connectivity index (χ1v) is 2.09. The molecule has 1 amide bonds. The quantitative estimate of drug-likeness (QED) is 0.661. The van der Waals surface area contributed by atoms with Crippen LogP contribution < -0.4 is 0 Å². The van der Waals surface area contributed by atoms with Gasteiger partial charge >= 0.3 is 5.97 Å². The maximum atomic E-state index is 9.75. The molecule has 0 atom stereocenters. The smallest absolute Gasteiger partial charge is 0.303 e. The number of rotatable bonds is 3. The van der Waals surface area contributed by atoms with Gasteiger partial charge in [0.2, 0.25) is 0 Å². The van der Waals surface area contributed by atoms with E-state index < -0.39 is 11.9 Å². The van der Waals surface area contributed by atoms with Gasteiger partial charge in [0.15, 0.2) is 0 Å². The van der Waals surface area contributed by atoms with Gasteiger partial charge in [-0.05, 0) is 6.42 Å². The molecule has 0 bridgehead atoms. The summed E-state index contributed by atoms with van der Waals surface area (Å²) in [6.45, 7) is 0. The maximum Gasteiger partial charge on any atom is 0.303 e.